The van der Waals surface area contributed by atoms with Gasteiger partial charge in [-0.25, -0.2) is 0 Å². The van der Waals surface area contributed by atoms with Crippen molar-refractivity contribution in [3.05, 3.63) is 77.3 Å². The van der Waals surface area contributed by atoms with E-state index in [0.717, 1.165) is 16.3 Å². The molecule has 0 aliphatic heterocycles. The van der Waals surface area contributed by atoms with Crippen molar-refractivity contribution in [2.75, 3.05) is 18.1 Å². The second-order valence-corrected chi connectivity index (χ2v) is 6.85. The van der Waals surface area contributed by atoms with Gasteiger partial charge in [-0.1, -0.05) is 60.1 Å². The predicted molar refractivity (Wildman–Crippen MR) is 113 cm³/mol. The molecule has 146 valence electrons. The number of hydrogen-bond acceptors (Lipinski definition) is 4. The first kappa shape index (κ1) is 20.4. The number of carbonyl (C=O) groups is 2. The second-order valence-electron chi connectivity index (χ2n) is 6.41. The molecule has 6 heteroatoms. The van der Waals surface area contributed by atoms with Gasteiger partial charge in [-0.3, -0.25) is 9.59 Å². The van der Waals surface area contributed by atoms with Crippen LogP contribution >= 0.6 is 11.6 Å². The van der Waals surface area contributed by atoms with Crippen molar-refractivity contribution >= 4 is 39.9 Å². The van der Waals surface area contributed by atoms with Crippen LogP contribution in [0.15, 0.2) is 66.7 Å². The fourth-order valence-electron chi connectivity index (χ4n) is 3.08. The Morgan fingerprint density at radius 2 is 1.79 bits per heavy atom. The molecule has 0 aliphatic carbocycles. The zero-order chi connectivity index (χ0) is 20.6. The smallest absolute Gasteiger partial charge is 0.310 e. The van der Waals surface area contributed by atoms with Crippen molar-refractivity contribution < 1.29 is 14.3 Å². The van der Waals surface area contributed by atoms with Gasteiger partial charge in [0, 0.05) is 17.3 Å². The number of benzene rings is 3. The fourth-order valence-corrected chi connectivity index (χ4v) is 3.26. The summed E-state index contributed by atoms with van der Waals surface area (Å²) in [5, 5.41) is 11.4. The van der Waals surface area contributed by atoms with E-state index in [1.165, 1.54) is 4.90 Å². The molecule has 29 heavy (non-hydrogen) atoms. The van der Waals surface area contributed by atoms with Gasteiger partial charge in [0.2, 0.25) is 0 Å². The van der Waals surface area contributed by atoms with Crippen molar-refractivity contribution in [2.24, 2.45) is 0 Å². The van der Waals surface area contributed by atoms with Gasteiger partial charge in [0.25, 0.3) is 5.91 Å². The molecular weight excluding hydrogens is 388 g/mol. The summed E-state index contributed by atoms with van der Waals surface area (Å²) in [6.07, 6.45) is 0.228. The Morgan fingerprint density at radius 1 is 1.03 bits per heavy atom. The molecule has 0 unspecified atom stereocenters. The highest BCUT2D eigenvalue weighted by atomic mass is 35.5. The number of nitriles is 1. The van der Waals surface area contributed by atoms with E-state index < -0.39 is 18.5 Å². The minimum atomic E-state index is -0.485. The lowest BCUT2D eigenvalue weighted by Gasteiger charge is -2.22. The standard InChI is InChI=1S/C23H19ClN2O3/c24-19-9-4-10-20(15-19)26(13-5-12-25)22(27)16-29-23(28)14-18-8-3-7-17-6-1-2-11-21(17)18/h1-4,6-11,15H,5,13-14,16H2. The van der Waals surface area contributed by atoms with Crippen molar-refractivity contribution in [3.63, 3.8) is 0 Å². The SMILES string of the molecule is N#CCCN(C(=O)COC(=O)Cc1cccc2ccccc12)c1cccc(Cl)c1. The van der Waals surface area contributed by atoms with Crippen LogP contribution < -0.4 is 4.90 Å². The van der Waals surface area contributed by atoms with Crippen LogP contribution in [-0.4, -0.2) is 25.0 Å². The summed E-state index contributed by atoms with van der Waals surface area (Å²) in [6.45, 7) is -0.210. The molecule has 0 atom stereocenters. The Bertz CT molecular complexity index is 1070. The fraction of sp³-hybridized carbons (Fsp3) is 0.174. The summed E-state index contributed by atoms with van der Waals surface area (Å²) in [6, 6.07) is 22.3. The van der Waals surface area contributed by atoms with Crippen LogP contribution in [0.3, 0.4) is 0 Å². The molecule has 0 saturated carbocycles. The van der Waals surface area contributed by atoms with E-state index >= 15 is 0 Å². The zero-order valence-corrected chi connectivity index (χ0v) is 16.4. The number of carbonyl (C=O) groups excluding carboxylic acids is 2. The third-order valence-electron chi connectivity index (χ3n) is 4.44. The molecule has 0 bridgehead atoms. The van der Waals surface area contributed by atoms with Crippen molar-refractivity contribution in [2.45, 2.75) is 12.8 Å². The predicted octanol–water partition coefficient (Wildman–Crippen LogP) is 4.53. The highest BCUT2D eigenvalue weighted by molar-refractivity contribution is 6.30. The lowest BCUT2D eigenvalue weighted by molar-refractivity contribution is -0.147. The molecule has 3 aromatic carbocycles. The van der Waals surface area contributed by atoms with Gasteiger partial charge in [-0.15, -0.1) is 0 Å². The number of ether oxygens (including phenoxy) is 1. The average Bonchev–Trinajstić information content (AvgIpc) is 2.73. The van der Waals surface area contributed by atoms with Gasteiger partial charge in [0.15, 0.2) is 6.61 Å². The maximum absolute atomic E-state index is 12.6. The Labute approximate surface area is 174 Å². The van der Waals surface area contributed by atoms with Gasteiger partial charge in [0.05, 0.1) is 18.9 Å². The zero-order valence-electron chi connectivity index (χ0n) is 15.7. The molecule has 0 fully saturated rings. The molecular formula is C23H19ClN2O3. The van der Waals surface area contributed by atoms with E-state index in [4.69, 9.17) is 21.6 Å². The van der Waals surface area contributed by atoms with Gasteiger partial charge < -0.3 is 9.64 Å². The molecule has 0 heterocycles. The van der Waals surface area contributed by atoms with Crippen LogP contribution in [0.5, 0.6) is 0 Å². The third kappa shape index (κ3) is 5.34. The van der Waals surface area contributed by atoms with Crippen molar-refractivity contribution in [3.8, 4) is 6.07 Å². The quantitative estimate of drug-likeness (QED) is 0.540. The molecule has 0 spiro atoms. The Balaban J connectivity index is 1.66. The maximum atomic E-state index is 12.6. The molecule has 0 saturated heterocycles. The molecule has 0 radical (unpaired) electrons. The number of halogens is 1. The summed E-state index contributed by atoms with van der Waals surface area (Å²) in [5.41, 5.74) is 1.40. The number of anilines is 1. The van der Waals surface area contributed by atoms with E-state index in [1.54, 1.807) is 24.3 Å². The van der Waals surface area contributed by atoms with Gasteiger partial charge in [0.1, 0.15) is 0 Å². The highest BCUT2D eigenvalue weighted by Gasteiger charge is 2.18. The summed E-state index contributed by atoms with van der Waals surface area (Å²) >= 11 is 6.00. The van der Waals surface area contributed by atoms with Gasteiger partial charge >= 0.3 is 5.97 Å². The minimum absolute atomic E-state index is 0.0734. The van der Waals surface area contributed by atoms with Crippen LogP contribution in [-0.2, 0) is 20.7 Å². The lowest BCUT2D eigenvalue weighted by atomic mass is 10.0. The van der Waals surface area contributed by atoms with Crippen LogP contribution in [0, 0.1) is 11.3 Å². The van der Waals surface area contributed by atoms with Crippen LogP contribution in [0.4, 0.5) is 5.69 Å². The molecule has 1 amide bonds. The summed E-state index contributed by atoms with van der Waals surface area (Å²) in [7, 11) is 0. The molecule has 3 rings (SSSR count). The number of amides is 1. The molecule has 0 N–H and O–H groups in total. The first-order valence-electron chi connectivity index (χ1n) is 9.13. The van der Waals surface area contributed by atoms with Crippen molar-refractivity contribution in [1.82, 2.24) is 0 Å². The monoisotopic (exact) mass is 406 g/mol. The van der Waals surface area contributed by atoms with Crippen molar-refractivity contribution in [1.29, 1.82) is 5.26 Å². The Morgan fingerprint density at radius 3 is 2.59 bits per heavy atom. The summed E-state index contributed by atoms with van der Waals surface area (Å²) in [4.78, 5) is 26.4. The average molecular weight is 407 g/mol. The van der Waals surface area contributed by atoms with Crippen LogP contribution in [0.2, 0.25) is 5.02 Å². The molecule has 0 aromatic heterocycles. The topological polar surface area (TPSA) is 70.4 Å². The number of rotatable bonds is 7. The molecule has 3 aromatic rings. The molecule has 5 nitrogen and oxygen atoms in total. The van der Waals surface area contributed by atoms with Crippen LogP contribution in [0.25, 0.3) is 10.8 Å². The first-order valence-corrected chi connectivity index (χ1v) is 9.51. The van der Waals surface area contributed by atoms with Crippen LogP contribution in [0.1, 0.15) is 12.0 Å². The Hall–Kier alpha value is -3.36. The van der Waals surface area contributed by atoms with E-state index in [0.29, 0.717) is 10.7 Å². The van der Waals surface area contributed by atoms with E-state index in [-0.39, 0.29) is 19.4 Å². The van der Waals surface area contributed by atoms with E-state index in [2.05, 4.69) is 0 Å². The van der Waals surface area contributed by atoms with E-state index in [1.807, 2.05) is 48.5 Å². The van der Waals surface area contributed by atoms with E-state index in [9.17, 15) is 9.59 Å². The Kier molecular flexibility index (Phi) is 6.83. The van der Waals surface area contributed by atoms with Gasteiger partial charge in [-0.05, 0) is 34.5 Å². The van der Waals surface area contributed by atoms with Gasteiger partial charge in [-0.2, -0.15) is 5.26 Å². The maximum Gasteiger partial charge on any atom is 0.310 e. The number of nitrogens with zero attached hydrogens (tertiary/aromatic N) is 2. The molecule has 0 aliphatic rings. The first-order chi connectivity index (χ1) is 14.1. The number of esters is 1. The minimum Gasteiger partial charge on any atom is -0.455 e. The number of hydrogen-bond donors (Lipinski definition) is 0. The summed E-state index contributed by atoms with van der Waals surface area (Å²) < 4.78 is 5.22. The third-order valence-corrected chi connectivity index (χ3v) is 4.67. The number of fused-ring (bicyclic) bond motifs is 1. The second kappa shape index (κ2) is 9.72. The normalized spacial score (nSPS) is 10.3. The lowest BCUT2D eigenvalue weighted by Crippen LogP contribution is -2.35. The summed E-state index contributed by atoms with van der Waals surface area (Å²) in [5.74, 6) is -0.894. The largest absolute Gasteiger partial charge is 0.455 e. The highest BCUT2D eigenvalue weighted by Crippen LogP contribution is 2.21.